The van der Waals surface area contributed by atoms with E-state index in [0.717, 1.165) is 11.1 Å². The fourth-order valence-corrected chi connectivity index (χ4v) is 2.46. The minimum atomic E-state index is -1.10. The van der Waals surface area contributed by atoms with Gasteiger partial charge in [-0.2, -0.15) is 0 Å². The minimum absolute atomic E-state index is 0.337. The summed E-state index contributed by atoms with van der Waals surface area (Å²) >= 11 is 0. The van der Waals surface area contributed by atoms with E-state index < -0.39 is 11.5 Å². The van der Waals surface area contributed by atoms with Gasteiger partial charge in [0.2, 0.25) is 0 Å². The summed E-state index contributed by atoms with van der Waals surface area (Å²) in [4.78, 5) is 28.9. The molecule has 0 aromatic carbocycles. The molecule has 1 aliphatic rings. The van der Waals surface area contributed by atoms with Crippen molar-refractivity contribution < 1.29 is 14.7 Å². The number of amides is 2. The SMILES string of the molecule is Cc1ccncc1CNC(=O)N1CCCC1(C)C(=O)O. The smallest absolute Gasteiger partial charge is 0.329 e. The molecule has 2 rings (SSSR count). The molecule has 6 heteroatoms. The Kier molecular flexibility index (Phi) is 3.92. The molecular weight excluding hydrogens is 258 g/mol. The number of likely N-dealkylation sites (tertiary alicyclic amines) is 1. The van der Waals surface area contributed by atoms with Crippen LogP contribution in [0.4, 0.5) is 4.79 Å². The highest BCUT2D eigenvalue weighted by molar-refractivity contribution is 5.86. The summed E-state index contributed by atoms with van der Waals surface area (Å²) in [7, 11) is 0. The molecule has 0 bridgehead atoms. The van der Waals surface area contributed by atoms with Crippen molar-refractivity contribution in [1.82, 2.24) is 15.2 Å². The first-order valence-corrected chi connectivity index (χ1v) is 6.63. The van der Waals surface area contributed by atoms with Gasteiger partial charge in [0.1, 0.15) is 5.54 Å². The Bertz CT molecular complexity index is 532. The Labute approximate surface area is 117 Å². The van der Waals surface area contributed by atoms with E-state index in [1.54, 1.807) is 19.3 Å². The monoisotopic (exact) mass is 277 g/mol. The quantitative estimate of drug-likeness (QED) is 0.878. The molecule has 1 aromatic heterocycles. The van der Waals surface area contributed by atoms with Crippen molar-refractivity contribution in [3.63, 3.8) is 0 Å². The number of aryl methyl sites for hydroxylation is 1. The molecule has 0 spiro atoms. The van der Waals surface area contributed by atoms with Crippen LogP contribution in [0.5, 0.6) is 0 Å². The van der Waals surface area contributed by atoms with E-state index in [1.165, 1.54) is 4.90 Å². The minimum Gasteiger partial charge on any atom is -0.480 e. The molecule has 1 unspecified atom stereocenters. The molecule has 1 aromatic rings. The zero-order chi connectivity index (χ0) is 14.8. The number of nitrogens with zero attached hydrogens (tertiary/aromatic N) is 2. The second-order valence-corrected chi connectivity index (χ2v) is 5.30. The van der Waals surface area contributed by atoms with E-state index in [9.17, 15) is 14.7 Å². The van der Waals surface area contributed by atoms with Crippen LogP contribution in [-0.4, -0.2) is 39.1 Å². The molecule has 1 atom stereocenters. The Balaban J connectivity index is 2.02. The van der Waals surface area contributed by atoms with Crippen LogP contribution in [0.1, 0.15) is 30.9 Å². The van der Waals surface area contributed by atoms with E-state index in [1.807, 2.05) is 13.0 Å². The van der Waals surface area contributed by atoms with Crippen molar-refractivity contribution in [3.05, 3.63) is 29.6 Å². The molecule has 1 aliphatic heterocycles. The maximum atomic E-state index is 12.2. The number of carboxylic acids is 1. The zero-order valence-corrected chi connectivity index (χ0v) is 11.7. The zero-order valence-electron chi connectivity index (χ0n) is 11.7. The summed E-state index contributed by atoms with van der Waals surface area (Å²) in [6.07, 6.45) is 4.60. The molecule has 108 valence electrons. The number of hydrogen-bond acceptors (Lipinski definition) is 3. The predicted molar refractivity (Wildman–Crippen MR) is 73.2 cm³/mol. The van der Waals surface area contributed by atoms with Crippen LogP contribution in [0.3, 0.4) is 0 Å². The van der Waals surface area contributed by atoms with Gasteiger partial charge in [-0.15, -0.1) is 0 Å². The number of urea groups is 1. The van der Waals surface area contributed by atoms with E-state index in [4.69, 9.17) is 0 Å². The lowest BCUT2D eigenvalue weighted by molar-refractivity contribution is -0.147. The second-order valence-electron chi connectivity index (χ2n) is 5.30. The topological polar surface area (TPSA) is 82.5 Å². The normalized spacial score (nSPS) is 21.8. The van der Waals surface area contributed by atoms with E-state index in [-0.39, 0.29) is 6.03 Å². The number of nitrogens with one attached hydrogen (secondary N) is 1. The number of pyridine rings is 1. The van der Waals surface area contributed by atoms with Gasteiger partial charge in [-0.3, -0.25) is 4.98 Å². The van der Waals surface area contributed by atoms with Gasteiger partial charge < -0.3 is 15.3 Å². The fraction of sp³-hybridized carbons (Fsp3) is 0.500. The molecule has 2 amide bonds. The Morgan fingerprint density at radius 1 is 1.55 bits per heavy atom. The molecule has 0 saturated carbocycles. The van der Waals surface area contributed by atoms with Crippen LogP contribution < -0.4 is 5.32 Å². The van der Waals surface area contributed by atoms with Gasteiger partial charge in [0.15, 0.2) is 0 Å². The molecule has 0 radical (unpaired) electrons. The van der Waals surface area contributed by atoms with Crippen molar-refractivity contribution in [2.75, 3.05) is 6.54 Å². The summed E-state index contributed by atoms with van der Waals surface area (Å²) in [6.45, 7) is 4.36. The molecule has 0 aliphatic carbocycles. The van der Waals surface area contributed by atoms with Crippen molar-refractivity contribution in [3.8, 4) is 0 Å². The Hall–Kier alpha value is -2.11. The number of carboxylic acid groups (broad SMARTS) is 1. The Morgan fingerprint density at radius 2 is 2.30 bits per heavy atom. The number of aliphatic carboxylic acids is 1. The van der Waals surface area contributed by atoms with Gasteiger partial charge in [-0.25, -0.2) is 9.59 Å². The number of carbonyl (C=O) groups excluding carboxylic acids is 1. The molecule has 2 heterocycles. The maximum absolute atomic E-state index is 12.2. The Morgan fingerprint density at radius 3 is 2.95 bits per heavy atom. The largest absolute Gasteiger partial charge is 0.480 e. The summed E-state index contributed by atoms with van der Waals surface area (Å²) < 4.78 is 0. The van der Waals surface area contributed by atoms with Crippen LogP contribution in [0.15, 0.2) is 18.5 Å². The highest BCUT2D eigenvalue weighted by Gasteiger charge is 2.45. The first-order valence-electron chi connectivity index (χ1n) is 6.63. The van der Waals surface area contributed by atoms with Gasteiger partial charge in [0, 0.05) is 25.5 Å². The standard InChI is InChI=1S/C14H19N3O3/c1-10-4-6-15-8-11(10)9-16-13(20)17-7-3-5-14(17,2)12(18)19/h4,6,8H,3,5,7,9H2,1-2H3,(H,16,20)(H,18,19). The van der Waals surface area contributed by atoms with Crippen LogP contribution in [0.25, 0.3) is 0 Å². The highest BCUT2D eigenvalue weighted by Crippen LogP contribution is 2.29. The second kappa shape index (κ2) is 5.48. The third kappa shape index (κ3) is 2.59. The summed E-state index contributed by atoms with van der Waals surface area (Å²) in [5, 5.41) is 12.1. The lowest BCUT2D eigenvalue weighted by Gasteiger charge is -2.31. The van der Waals surface area contributed by atoms with Crippen LogP contribution in [-0.2, 0) is 11.3 Å². The van der Waals surface area contributed by atoms with Crippen molar-refractivity contribution in [2.45, 2.75) is 38.8 Å². The maximum Gasteiger partial charge on any atom is 0.329 e. The van der Waals surface area contributed by atoms with Gasteiger partial charge >= 0.3 is 12.0 Å². The van der Waals surface area contributed by atoms with Gasteiger partial charge in [0.05, 0.1) is 0 Å². The lowest BCUT2D eigenvalue weighted by Crippen LogP contribution is -2.53. The van der Waals surface area contributed by atoms with Crippen molar-refractivity contribution in [1.29, 1.82) is 0 Å². The third-order valence-corrected chi connectivity index (χ3v) is 3.92. The molecular formula is C14H19N3O3. The number of aromatic nitrogens is 1. The lowest BCUT2D eigenvalue weighted by atomic mass is 10.00. The predicted octanol–water partition coefficient (Wildman–Crippen LogP) is 1.54. The summed E-state index contributed by atoms with van der Waals surface area (Å²) in [6, 6.07) is 1.54. The molecule has 20 heavy (non-hydrogen) atoms. The summed E-state index contributed by atoms with van der Waals surface area (Å²) in [5.74, 6) is -0.956. The average Bonchev–Trinajstić information content (AvgIpc) is 2.81. The average molecular weight is 277 g/mol. The molecule has 6 nitrogen and oxygen atoms in total. The van der Waals surface area contributed by atoms with E-state index in [2.05, 4.69) is 10.3 Å². The highest BCUT2D eigenvalue weighted by atomic mass is 16.4. The molecule has 1 saturated heterocycles. The molecule has 2 N–H and O–H groups in total. The van der Waals surface area contributed by atoms with Crippen molar-refractivity contribution in [2.24, 2.45) is 0 Å². The van der Waals surface area contributed by atoms with E-state index >= 15 is 0 Å². The van der Waals surface area contributed by atoms with Gasteiger partial charge in [-0.05, 0) is 43.9 Å². The third-order valence-electron chi connectivity index (χ3n) is 3.92. The summed E-state index contributed by atoms with van der Waals surface area (Å²) in [5.41, 5.74) is 0.869. The molecule has 1 fully saturated rings. The first-order chi connectivity index (χ1) is 9.45. The van der Waals surface area contributed by atoms with Crippen LogP contribution in [0.2, 0.25) is 0 Å². The van der Waals surface area contributed by atoms with E-state index in [0.29, 0.717) is 25.9 Å². The van der Waals surface area contributed by atoms with Crippen LogP contribution >= 0.6 is 0 Å². The number of carbonyl (C=O) groups is 2. The number of rotatable bonds is 3. The first kappa shape index (κ1) is 14.3. The fourth-order valence-electron chi connectivity index (χ4n) is 2.46. The van der Waals surface area contributed by atoms with Gasteiger partial charge in [-0.1, -0.05) is 0 Å². The van der Waals surface area contributed by atoms with Gasteiger partial charge in [0.25, 0.3) is 0 Å². The number of hydrogen-bond donors (Lipinski definition) is 2. The van der Waals surface area contributed by atoms with Crippen LogP contribution in [0, 0.1) is 6.92 Å². The van der Waals surface area contributed by atoms with Crippen molar-refractivity contribution >= 4 is 12.0 Å².